The molecule has 0 radical (unpaired) electrons. The third kappa shape index (κ3) is 1.94. The van der Waals surface area contributed by atoms with Gasteiger partial charge in [-0.2, -0.15) is 5.10 Å². The maximum atomic E-state index is 6.10. The van der Waals surface area contributed by atoms with Gasteiger partial charge in [0.25, 0.3) is 0 Å². The Balaban J connectivity index is 2.09. The van der Waals surface area contributed by atoms with Crippen LogP contribution in [0.1, 0.15) is 36.4 Å². The van der Waals surface area contributed by atoms with Crippen LogP contribution in [-0.4, -0.2) is 9.78 Å². The molecule has 1 aliphatic rings. The number of fused-ring (bicyclic) bond motifs is 1. The molecule has 3 nitrogen and oxygen atoms in total. The monoisotopic (exact) mass is 305 g/mol. The van der Waals surface area contributed by atoms with Crippen molar-refractivity contribution in [2.75, 3.05) is 5.73 Å². The van der Waals surface area contributed by atoms with E-state index in [0.29, 0.717) is 0 Å². The number of hydrogen-bond donors (Lipinski definition) is 1. The average Bonchev–Trinajstić information content (AvgIpc) is 2.63. The van der Waals surface area contributed by atoms with Crippen LogP contribution in [0.25, 0.3) is 0 Å². The van der Waals surface area contributed by atoms with Crippen LogP contribution in [0, 0.1) is 0 Å². The van der Waals surface area contributed by atoms with Gasteiger partial charge in [0.15, 0.2) is 0 Å². The first-order valence-electron chi connectivity index (χ1n) is 6.33. The van der Waals surface area contributed by atoms with Crippen LogP contribution in [0.3, 0.4) is 0 Å². The van der Waals surface area contributed by atoms with Gasteiger partial charge in [-0.25, -0.2) is 4.68 Å². The van der Waals surface area contributed by atoms with E-state index in [9.17, 15) is 0 Å². The highest BCUT2D eigenvalue weighted by Gasteiger charge is 2.22. The van der Waals surface area contributed by atoms with Gasteiger partial charge in [-0.15, -0.1) is 0 Å². The van der Waals surface area contributed by atoms with Gasteiger partial charge in [0.1, 0.15) is 5.82 Å². The standard InChI is InChI=1S/C14H16BrN3/c15-12-9-17-18(14(12)16)13-8-4-2-6-10-5-1-3-7-11(10)13/h1,3,5,7,9,13H,2,4,6,8,16H2. The lowest BCUT2D eigenvalue weighted by molar-refractivity contribution is 0.486. The Kier molecular flexibility index (Phi) is 3.12. The second-order valence-corrected chi connectivity index (χ2v) is 5.64. The lowest BCUT2D eigenvalue weighted by atomic mass is 9.99. The molecular formula is C14H16BrN3. The van der Waals surface area contributed by atoms with Crippen molar-refractivity contribution in [1.82, 2.24) is 9.78 Å². The molecule has 1 aliphatic carbocycles. The molecule has 4 heteroatoms. The van der Waals surface area contributed by atoms with Gasteiger partial charge < -0.3 is 5.73 Å². The van der Waals surface area contributed by atoms with Crippen LogP contribution >= 0.6 is 15.9 Å². The summed E-state index contributed by atoms with van der Waals surface area (Å²) in [6.45, 7) is 0. The summed E-state index contributed by atoms with van der Waals surface area (Å²) in [7, 11) is 0. The van der Waals surface area contributed by atoms with E-state index in [1.807, 2.05) is 4.68 Å². The third-order valence-corrected chi connectivity index (χ3v) is 4.28. The van der Waals surface area contributed by atoms with E-state index in [1.54, 1.807) is 6.20 Å². The fourth-order valence-electron chi connectivity index (χ4n) is 2.75. The van der Waals surface area contributed by atoms with Gasteiger partial charge in [0.2, 0.25) is 0 Å². The van der Waals surface area contributed by atoms with Crippen LogP contribution in [0.2, 0.25) is 0 Å². The van der Waals surface area contributed by atoms with E-state index in [1.165, 1.54) is 24.0 Å². The second kappa shape index (κ2) is 4.76. The summed E-state index contributed by atoms with van der Waals surface area (Å²) < 4.78 is 2.83. The van der Waals surface area contributed by atoms with E-state index in [2.05, 4.69) is 45.3 Å². The molecule has 2 N–H and O–H groups in total. The topological polar surface area (TPSA) is 43.8 Å². The number of hydrogen-bond acceptors (Lipinski definition) is 2. The minimum atomic E-state index is 0.273. The number of nitrogens with zero attached hydrogens (tertiary/aromatic N) is 2. The highest BCUT2D eigenvalue weighted by Crippen LogP contribution is 2.34. The molecule has 0 bridgehead atoms. The molecule has 0 saturated heterocycles. The van der Waals surface area contributed by atoms with Gasteiger partial charge in [-0.05, 0) is 46.3 Å². The zero-order valence-electron chi connectivity index (χ0n) is 10.1. The van der Waals surface area contributed by atoms with E-state index in [0.717, 1.165) is 23.1 Å². The second-order valence-electron chi connectivity index (χ2n) is 4.78. The van der Waals surface area contributed by atoms with Crippen LogP contribution in [0.15, 0.2) is 34.9 Å². The summed E-state index contributed by atoms with van der Waals surface area (Å²) in [6.07, 6.45) is 6.51. The van der Waals surface area contributed by atoms with Crippen molar-refractivity contribution >= 4 is 21.7 Å². The fourth-order valence-corrected chi connectivity index (χ4v) is 3.02. The van der Waals surface area contributed by atoms with Crippen LogP contribution < -0.4 is 5.73 Å². The Bertz CT molecular complexity index is 562. The highest BCUT2D eigenvalue weighted by atomic mass is 79.9. The van der Waals surface area contributed by atoms with Gasteiger partial charge in [0, 0.05) is 0 Å². The number of nitrogen functional groups attached to an aromatic ring is 1. The predicted molar refractivity (Wildman–Crippen MR) is 76.5 cm³/mol. The quantitative estimate of drug-likeness (QED) is 0.819. The predicted octanol–water partition coefficient (Wildman–Crippen LogP) is 3.54. The molecule has 3 rings (SSSR count). The molecule has 0 fully saturated rings. The smallest absolute Gasteiger partial charge is 0.136 e. The number of benzene rings is 1. The first kappa shape index (κ1) is 11.8. The molecule has 94 valence electrons. The third-order valence-electron chi connectivity index (χ3n) is 3.67. The number of anilines is 1. The number of nitrogens with two attached hydrogens (primary N) is 1. The zero-order chi connectivity index (χ0) is 12.5. The Morgan fingerprint density at radius 2 is 2.11 bits per heavy atom. The van der Waals surface area contributed by atoms with Crippen molar-refractivity contribution < 1.29 is 0 Å². The summed E-state index contributed by atoms with van der Waals surface area (Å²) in [6, 6.07) is 8.92. The van der Waals surface area contributed by atoms with Crippen molar-refractivity contribution in [1.29, 1.82) is 0 Å². The van der Waals surface area contributed by atoms with Crippen LogP contribution in [0.5, 0.6) is 0 Å². The normalized spacial score (nSPS) is 19.3. The molecule has 2 aromatic rings. The molecule has 0 saturated carbocycles. The van der Waals surface area contributed by atoms with Crippen molar-refractivity contribution in [2.45, 2.75) is 31.7 Å². The van der Waals surface area contributed by atoms with Gasteiger partial charge in [0.05, 0.1) is 16.7 Å². The average molecular weight is 306 g/mol. The molecule has 18 heavy (non-hydrogen) atoms. The Hall–Kier alpha value is -1.29. The summed E-state index contributed by atoms with van der Waals surface area (Å²) >= 11 is 3.43. The summed E-state index contributed by atoms with van der Waals surface area (Å²) in [5.74, 6) is 0.719. The van der Waals surface area contributed by atoms with Crippen molar-refractivity contribution in [3.8, 4) is 0 Å². The number of halogens is 1. The lowest BCUT2D eigenvalue weighted by Gasteiger charge is -2.19. The molecule has 1 aromatic carbocycles. The van der Waals surface area contributed by atoms with E-state index < -0.39 is 0 Å². The van der Waals surface area contributed by atoms with Crippen molar-refractivity contribution in [3.63, 3.8) is 0 Å². The van der Waals surface area contributed by atoms with Gasteiger partial charge in [-0.1, -0.05) is 30.7 Å². The molecule has 1 unspecified atom stereocenters. The summed E-state index contributed by atoms with van der Waals surface area (Å²) in [5.41, 5.74) is 8.90. The SMILES string of the molecule is Nc1c(Br)cnn1C1CCCCc2ccccc21. The number of rotatable bonds is 1. The minimum absolute atomic E-state index is 0.273. The lowest BCUT2D eigenvalue weighted by Crippen LogP contribution is -2.15. The summed E-state index contributed by atoms with van der Waals surface area (Å²) in [4.78, 5) is 0. The molecule has 1 heterocycles. The molecule has 1 atom stereocenters. The molecule has 0 spiro atoms. The van der Waals surface area contributed by atoms with Gasteiger partial charge >= 0.3 is 0 Å². The maximum Gasteiger partial charge on any atom is 0.136 e. The molecule has 0 aliphatic heterocycles. The zero-order valence-corrected chi connectivity index (χ0v) is 11.7. The molecular weight excluding hydrogens is 290 g/mol. The van der Waals surface area contributed by atoms with Crippen LogP contribution in [0.4, 0.5) is 5.82 Å². The first-order chi connectivity index (χ1) is 8.77. The number of aromatic nitrogens is 2. The fraction of sp³-hybridized carbons (Fsp3) is 0.357. The van der Waals surface area contributed by atoms with Crippen molar-refractivity contribution in [3.05, 3.63) is 46.1 Å². The highest BCUT2D eigenvalue weighted by molar-refractivity contribution is 9.10. The maximum absolute atomic E-state index is 6.10. The Morgan fingerprint density at radius 1 is 1.28 bits per heavy atom. The largest absolute Gasteiger partial charge is 0.383 e. The molecule has 1 aromatic heterocycles. The van der Waals surface area contributed by atoms with E-state index in [-0.39, 0.29) is 6.04 Å². The van der Waals surface area contributed by atoms with E-state index in [4.69, 9.17) is 5.73 Å². The molecule has 0 amide bonds. The number of aryl methyl sites for hydroxylation is 1. The Morgan fingerprint density at radius 3 is 2.89 bits per heavy atom. The van der Waals surface area contributed by atoms with E-state index >= 15 is 0 Å². The van der Waals surface area contributed by atoms with Crippen molar-refractivity contribution in [2.24, 2.45) is 0 Å². The summed E-state index contributed by atoms with van der Waals surface area (Å²) in [5, 5.41) is 4.42. The Labute approximate surface area is 115 Å². The minimum Gasteiger partial charge on any atom is -0.383 e. The van der Waals surface area contributed by atoms with Gasteiger partial charge in [-0.3, -0.25) is 0 Å². The first-order valence-corrected chi connectivity index (χ1v) is 7.13. The van der Waals surface area contributed by atoms with Crippen LogP contribution in [-0.2, 0) is 6.42 Å².